The second-order valence-electron chi connectivity index (χ2n) is 4.59. The van der Waals surface area contributed by atoms with Crippen LogP contribution >= 0.6 is 11.6 Å². The molecule has 0 radical (unpaired) electrons. The van der Waals surface area contributed by atoms with Gasteiger partial charge in [0, 0.05) is 11.9 Å². The van der Waals surface area contributed by atoms with Gasteiger partial charge in [-0.15, -0.1) is 11.6 Å². The molecule has 0 amide bonds. The number of halogens is 1. The normalized spacial score (nSPS) is 13.4. The molecule has 0 fully saturated rings. The van der Waals surface area contributed by atoms with Crippen LogP contribution in [0.25, 0.3) is 0 Å². The number of benzene rings is 1. The average Bonchev–Trinajstić information content (AvgIpc) is 2.39. The fraction of sp³-hybridized carbons (Fsp3) is 0.571. The van der Waals surface area contributed by atoms with E-state index in [1.54, 1.807) is 12.1 Å². The molecular weight excluding hydrogens is 282 g/mol. The molecule has 5 heteroatoms. The van der Waals surface area contributed by atoms with E-state index in [2.05, 4.69) is 11.6 Å². The van der Waals surface area contributed by atoms with Gasteiger partial charge in [-0.05, 0) is 37.0 Å². The van der Waals surface area contributed by atoms with Crippen LogP contribution in [0.4, 0.5) is 0 Å². The molecule has 1 unspecified atom stereocenters. The Bertz CT molecular complexity index is 471. The number of hydrogen-bond donors (Lipinski definition) is 1. The van der Waals surface area contributed by atoms with E-state index < -0.39 is 10.0 Å². The van der Waals surface area contributed by atoms with Crippen molar-refractivity contribution in [1.82, 2.24) is 4.72 Å². The summed E-state index contributed by atoms with van der Waals surface area (Å²) in [5.41, 5.74) is 1.16. The number of aryl methyl sites for hydroxylation is 1. The van der Waals surface area contributed by atoms with Crippen molar-refractivity contribution in [2.45, 2.75) is 49.8 Å². The lowest BCUT2D eigenvalue weighted by molar-refractivity contribution is 0.576. The predicted octanol–water partition coefficient (Wildman–Crippen LogP) is 3.32. The highest BCUT2D eigenvalue weighted by Gasteiger charge is 2.13. The highest BCUT2D eigenvalue weighted by atomic mass is 35.5. The number of hydrogen-bond acceptors (Lipinski definition) is 2. The summed E-state index contributed by atoms with van der Waals surface area (Å²) in [6, 6.07) is 7.06. The Hall–Kier alpha value is -0.580. The maximum atomic E-state index is 12.0. The first-order valence-corrected chi connectivity index (χ1v) is 8.64. The Morgan fingerprint density at radius 2 is 1.84 bits per heavy atom. The molecule has 1 aromatic carbocycles. The molecule has 19 heavy (non-hydrogen) atoms. The maximum Gasteiger partial charge on any atom is 0.240 e. The van der Waals surface area contributed by atoms with E-state index in [9.17, 15) is 8.42 Å². The molecule has 0 aromatic heterocycles. The van der Waals surface area contributed by atoms with Crippen molar-refractivity contribution in [3.8, 4) is 0 Å². The third-order valence-corrected chi connectivity index (χ3v) is 4.97. The van der Waals surface area contributed by atoms with Crippen molar-refractivity contribution >= 4 is 21.6 Å². The molecule has 0 bridgehead atoms. The molecular formula is C14H22ClNO2S. The summed E-state index contributed by atoms with van der Waals surface area (Å²) in [4.78, 5) is 0.315. The van der Waals surface area contributed by atoms with Crippen molar-refractivity contribution in [2.75, 3.05) is 6.54 Å². The second kappa shape index (κ2) is 7.88. The third kappa shape index (κ3) is 5.51. The van der Waals surface area contributed by atoms with Crippen LogP contribution in [0, 0.1) is 0 Å². The summed E-state index contributed by atoms with van der Waals surface area (Å²) in [5, 5.41) is 0.0228. The van der Waals surface area contributed by atoms with Crippen molar-refractivity contribution < 1.29 is 8.42 Å². The van der Waals surface area contributed by atoms with E-state index in [0.29, 0.717) is 17.9 Å². The first-order valence-electron chi connectivity index (χ1n) is 6.72. The van der Waals surface area contributed by atoms with E-state index in [-0.39, 0.29) is 5.38 Å². The Morgan fingerprint density at radius 1 is 1.21 bits per heavy atom. The molecule has 1 aromatic rings. The molecule has 1 N–H and O–H groups in total. The van der Waals surface area contributed by atoms with E-state index in [1.807, 2.05) is 19.1 Å². The molecule has 0 spiro atoms. The zero-order valence-electron chi connectivity index (χ0n) is 11.5. The van der Waals surface area contributed by atoms with Gasteiger partial charge >= 0.3 is 0 Å². The Balaban J connectivity index is 2.61. The lowest BCUT2D eigenvalue weighted by Gasteiger charge is -2.09. The predicted molar refractivity (Wildman–Crippen MR) is 80.2 cm³/mol. The standard InChI is InChI=1S/C14H22ClNO2S/c1-3-5-12-6-8-14(9-7-12)19(17,18)16-11-10-13(15)4-2/h6-9,13,16H,3-5,10-11H2,1-2H3. The monoisotopic (exact) mass is 303 g/mol. The van der Waals surface area contributed by atoms with E-state index in [1.165, 1.54) is 0 Å². The minimum absolute atomic E-state index is 0.0228. The highest BCUT2D eigenvalue weighted by Crippen LogP contribution is 2.12. The molecule has 108 valence electrons. The van der Waals surface area contributed by atoms with Crippen molar-refractivity contribution in [3.05, 3.63) is 29.8 Å². The van der Waals surface area contributed by atoms with Gasteiger partial charge < -0.3 is 0 Å². The fourth-order valence-corrected chi connectivity index (χ4v) is 2.92. The Morgan fingerprint density at radius 3 is 2.37 bits per heavy atom. The SMILES string of the molecule is CCCc1ccc(S(=O)(=O)NCCC(Cl)CC)cc1. The van der Waals surface area contributed by atoms with Crippen LogP contribution in [0.2, 0.25) is 0 Å². The van der Waals surface area contributed by atoms with Crippen molar-refractivity contribution in [1.29, 1.82) is 0 Å². The first kappa shape index (κ1) is 16.5. The van der Waals surface area contributed by atoms with E-state index >= 15 is 0 Å². The summed E-state index contributed by atoms with van der Waals surface area (Å²) in [7, 11) is -3.40. The molecule has 1 rings (SSSR count). The van der Waals surface area contributed by atoms with Gasteiger partial charge in [-0.2, -0.15) is 0 Å². The molecule has 1 atom stereocenters. The summed E-state index contributed by atoms with van der Waals surface area (Å²) in [5.74, 6) is 0. The van der Waals surface area contributed by atoms with Crippen LogP contribution in [0.15, 0.2) is 29.2 Å². The van der Waals surface area contributed by atoms with Crippen molar-refractivity contribution in [2.24, 2.45) is 0 Å². The Labute approximate surface area is 121 Å². The van der Waals surface area contributed by atoms with Gasteiger partial charge in [-0.3, -0.25) is 0 Å². The van der Waals surface area contributed by atoms with Crippen LogP contribution in [0.1, 0.15) is 38.7 Å². The molecule has 0 heterocycles. The zero-order valence-corrected chi connectivity index (χ0v) is 13.1. The van der Waals surface area contributed by atoms with Gasteiger partial charge in [0.15, 0.2) is 0 Å². The highest BCUT2D eigenvalue weighted by molar-refractivity contribution is 7.89. The van der Waals surface area contributed by atoms with Gasteiger partial charge in [0.1, 0.15) is 0 Å². The van der Waals surface area contributed by atoms with Crippen molar-refractivity contribution in [3.63, 3.8) is 0 Å². The van der Waals surface area contributed by atoms with Gasteiger partial charge in [0.2, 0.25) is 10.0 Å². The number of nitrogens with one attached hydrogen (secondary N) is 1. The average molecular weight is 304 g/mol. The maximum absolute atomic E-state index is 12.0. The van der Waals surface area contributed by atoms with Gasteiger partial charge in [0.25, 0.3) is 0 Å². The lowest BCUT2D eigenvalue weighted by atomic mass is 10.1. The number of sulfonamides is 1. The molecule has 0 saturated heterocycles. The molecule has 0 aliphatic carbocycles. The van der Waals surface area contributed by atoms with Crippen LogP contribution in [-0.4, -0.2) is 20.3 Å². The number of alkyl halides is 1. The molecule has 0 aliphatic heterocycles. The van der Waals surface area contributed by atoms with Gasteiger partial charge in [0.05, 0.1) is 4.90 Å². The summed E-state index contributed by atoms with van der Waals surface area (Å²) >= 11 is 5.96. The van der Waals surface area contributed by atoms with Crippen LogP contribution in [0.3, 0.4) is 0 Å². The third-order valence-electron chi connectivity index (χ3n) is 2.96. The van der Waals surface area contributed by atoms with Crippen LogP contribution < -0.4 is 4.72 Å². The lowest BCUT2D eigenvalue weighted by Crippen LogP contribution is -2.26. The van der Waals surface area contributed by atoms with E-state index in [0.717, 1.165) is 24.8 Å². The van der Waals surface area contributed by atoms with Crippen LogP contribution in [-0.2, 0) is 16.4 Å². The minimum atomic E-state index is -3.40. The first-order chi connectivity index (χ1) is 8.99. The number of rotatable bonds is 8. The molecule has 0 saturated carbocycles. The molecule has 3 nitrogen and oxygen atoms in total. The van der Waals surface area contributed by atoms with E-state index in [4.69, 9.17) is 11.6 Å². The van der Waals surface area contributed by atoms with Gasteiger partial charge in [-0.25, -0.2) is 13.1 Å². The van der Waals surface area contributed by atoms with Gasteiger partial charge in [-0.1, -0.05) is 32.4 Å². The Kier molecular flexibility index (Phi) is 6.83. The summed E-state index contributed by atoms with van der Waals surface area (Å²) in [6.07, 6.45) is 3.51. The smallest absolute Gasteiger partial charge is 0.211 e. The minimum Gasteiger partial charge on any atom is -0.211 e. The topological polar surface area (TPSA) is 46.2 Å². The summed E-state index contributed by atoms with van der Waals surface area (Å²) < 4.78 is 26.6. The van der Waals surface area contributed by atoms with Crippen LogP contribution in [0.5, 0.6) is 0 Å². The molecule has 0 aliphatic rings. The summed E-state index contributed by atoms with van der Waals surface area (Å²) in [6.45, 7) is 4.46. The fourth-order valence-electron chi connectivity index (χ4n) is 1.76. The largest absolute Gasteiger partial charge is 0.240 e. The zero-order chi connectivity index (χ0) is 14.3. The second-order valence-corrected chi connectivity index (χ2v) is 6.97. The quantitative estimate of drug-likeness (QED) is 0.749.